The van der Waals surface area contributed by atoms with E-state index < -0.39 is 0 Å². The van der Waals surface area contributed by atoms with Crippen LogP contribution in [0, 0.1) is 6.92 Å². The molecule has 3 heteroatoms. The Morgan fingerprint density at radius 1 is 1.24 bits per heavy atom. The maximum Gasteiger partial charge on any atom is 0.134 e. The number of fused-ring (bicyclic) bond motifs is 1. The number of pyridine rings is 1. The SMILES string of the molecule is CCNC(Cc1cccnc1)c1cc2cc(C)ccc2o1. The van der Waals surface area contributed by atoms with Gasteiger partial charge in [-0.25, -0.2) is 0 Å². The first kappa shape index (κ1) is 13.8. The van der Waals surface area contributed by atoms with Crippen LogP contribution in [0.2, 0.25) is 0 Å². The van der Waals surface area contributed by atoms with Crippen molar-refractivity contribution in [2.75, 3.05) is 6.54 Å². The highest BCUT2D eigenvalue weighted by molar-refractivity contribution is 5.78. The molecule has 2 aromatic heterocycles. The van der Waals surface area contributed by atoms with Crippen LogP contribution < -0.4 is 5.32 Å². The molecule has 3 aromatic rings. The summed E-state index contributed by atoms with van der Waals surface area (Å²) >= 11 is 0. The summed E-state index contributed by atoms with van der Waals surface area (Å²) in [5.74, 6) is 0.987. The van der Waals surface area contributed by atoms with Gasteiger partial charge in [0.2, 0.25) is 0 Å². The average Bonchev–Trinajstić information content (AvgIpc) is 2.91. The molecule has 108 valence electrons. The summed E-state index contributed by atoms with van der Waals surface area (Å²) in [6, 6.07) is 12.7. The lowest BCUT2D eigenvalue weighted by atomic mass is 10.1. The van der Waals surface area contributed by atoms with E-state index in [0.717, 1.165) is 24.3 Å². The molecule has 0 amide bonds. The molecule has 3 rings (SSSR count). The Morgan fingerprint density at radius 2 is 2.14 bits per heavy atom. The molecule has 0 fully saturated rings. The third kappa shape index (κ3) is 3.14. The first-order valence-electron chi connectivity index (χ1n) is 7.38. The van der Waals surface area contributed by atoms with Crippen molar-refractivity contribution in [3.8, 4) is 0 Å². The van der Waals surface area contributed by atoms with Gasteiger partial charge in [0.15, 0.2) is 0 Å². The molecular weight excluding hydrogens is 260 g/mol. The molecule has 1 aromatic carbocycles. The molecule has 0 saturated carbocycles. The molecule has 2 heterocycles. The Labute approximate surface area is 125 Å². The van der Waals surface area contributed by atoms with E-state index >= 15 is 0 Å². The predicted octanol–water partition coefficient (Wildman–Crippen LogP) is 4.03. The highest BCUT2D eigenvalue weighted by atomic mass is 16.3. The van der Waals surface area contributed by atoms with Crippen LogP contribution in [-0.2, 0) is 6.42 Å². The second kappa shape index (κ2) is 6.10. The van der Waals surface area contributed by atoms with Crippen molar-refractivity contribution in [1.82, 2.24) is 10.3 Å². The number of hydrogen-bond donors (Lipinski definition) is 1. The minimum absolute atomic E-state index is 0.173. The van der Waals surface area contributed by atoms with Crippen molar-refractivity contribution in [3.63, 3.8) is 0 Å². The average molecular weight is 280 g/mol. The van der Waals surface area contributed by atoms with Crippen LogP contribution in [0.25, 0.3) is 11.0 Å². The Hall–Kier alpha value is -2.13. The maximum absolute atomic E-state index is 6.03. The molecular formula is C18H20N2O. The van der Waals surface area contributed by atoms with Crippen LogP contribution in [0.4, 0.5) is 0 Å². The third-order valence-electron chi connectivity index (χ3n) is 3.65. The molecule has 3 nitrogen and oxygen atoms in total. The van der Waals surface area contributed by atoms with E-state index in [9.17, 15) is 0 Å². The largest absolute Gasteiger partial charge is 0.459 e. The van der Waals surface area contributed by atoms with E-state index in [4.69, 9.17) is 4.42 Å². The Bertz CT molecular complexity index is 718. The molecule has 0 radical (unpaired) electrons. The minimum Gasteiger partial charge on any atom is -0.459 e. The quantitative estimate of drug-likeness (QED) is 0.766. The van der Waals surface area contributed by atoms with E-state index in [1.807, 2.05) is 18.3 Å². The van der Waals surface area contributed by atoms with Gasteiger partial charge < -0.3 is 9.73 Å². The van der Waals surface area contributed by atoms with Crippen LogP contribution >= 0.6 is 0 Å². The van der Waals surface area contributed by atoms with Crippen molar-refractivity contribution >= 4 is 11.0 Å². The van der Waals surface area contributed by atoms with Crippen LogP contribution in [0.1, 0.15) is 29.9 Å². The van der Waals surface area contributed by atoms with E-state index in [0.29, 0.717) is 0 Å². The van der Waals surface area contributed by atoms with Crippen molar-refractivity contribution in [3.05, 3.63) is 65.7 Å². The molecule has 0 aliphatic rings. The molecule has 0 aliphatic carbocycles. The molecule has 21 heavy (non-hydrogen) atoms. The van der Waals surface area contributed by atoms with Crippen molar-refractivity contribution < 1.29 is 4.42 Å². The predicted molar refractivity (Wildman–Crippen MR) is 85.3 cm³/mol. The summed E-state index contributed by atoms with van der Waals surface area (Å²) in [6.45, 7) is 5.12. The third-order valence-corrected chi connectivity index (χ3v) is 3.65. The lowest BCUT2D eigenvalue weighted by Gasteiger charge is -2.15. The highest BCUT2D eigenvalue weighted by Gasteiger charge is 2.16. The standard InChI is InChI=1S/C18H20N2O/c1-3-20-16(10-14-5-4-8-19-12-14)18-11-15-9-13(2)6-7-17(15)21-18/h4-9,11-12,16,20H,3,10H2,1-2H3. The fourth-order valence-corrected chi connectivity index (χ4v) is 2.63. The zero-order valence-electron chi connectivity index (χ0n) is 12.5. The van der Waals surface area contributed by atoms with Crippen LogP contribution in [-0.4, -0.2) is 11.5 Å². The number of furan rings is 1. The van der Waals surface area contributed by atoms with E-state index in [2.05, 4.69) is 48.4 Å². The van der Waals surface area contributed by atoms with E-state index in [1.54, 1.807) is 6.20 Å². The first-order valence-corrected chi connectivity index (χ1v) is 7.38. The number of likely N-dealkylation sites (N-methyl/N-ethyl adjacent to an activating group) is 1. The number of nitrogens with zero attached hydrogens (tertiary/aromatic N) is 1. The van der Waals surface area contributed by atoms with Gasteiger partial charge in [0.25, 0.3) is 0 Å². The number of nitrogens with one attached hydrogen (secondary N) is 1. The van der Waals surface area contributed by atoms with Gasteiger partial charge in [-0.1, -0.05) is 24.6 Å². The van der Waals surface area contributed by atoms with Gasteiger partial charge in [0, 0.05) is 17.8 Å². The number of hydrogen-bond acceptors (Lipinski definition) is 3. The summed E-state index contributed by atoms with van der Waals surface area (Å²) in [4.78, 5) is 4.19. The molecule has 0 bridgehead atoms. The van der Waals surface area contributed by atoms with Crippen molar-refractivity contribution in [1.29, 1.82) is 0 Å². The van der Waals surface area contributed by atoms with Gasteiger partial charge in [0.1, 0.15) is 11.3 Å². The smallest absolute Gasteiger partial charge is 0.134 e. The summed E-state index contributed by atoms with van der Waals surface area (Å²) in [7, 11) is 0. The fourth-order valence-electron chi connectivity index (χ4n) is 2.63. The summed E-state index contributed by atoms with van der Waals surface area (Å²) in [6.07, 6.45) is 4.59. The fraction of sp³-hybridized carbons (Fsp3) is 0.278. The Balaban J connectivity index is 1.91. The molecule has 1 unspecified atom stereocenters. The summed E-state index contributed by atoms with van der Waals surface area (Å²) in [5, 5.41) is 4.67. The Kier molecular flexibility index (Phi) is 4.02. The minimum atomic E-state index is 0.173. The van der Waals surface area contributed by atoms with Gasteiger partial charge >= 0.3 is 0 Å². The molecule has 0 saturated heterocycles. The summed E-state index contributed by atoms with van der Waals surface area (Å²) in [5.41, 5.74) is 3.41. The number of aromatic nitrogens is 1. The molecule has 1 atom stereocenters. The molecule has 0 spiro atoms. The number of benzene rings is 1. The van der Waals surface area contributed by atoms with Crippen molar-refractivity contribution in [2.45, 2.75) is 26.3 Å². The van der Waals surface area contributed by atoms with Gasteiger partial charge in [0.05, 0.1) is 6.04 Å². The van der Waals surface area contributed by atoms with Gasteiger partial charge in [-0.05, 0) is 49.7 Å². The second-order valence-corrected chi connectivity index (χ2v) is 5.37. The summed E-state index contributed by atoms with van der Waals surface area (Å²) < 4.78 is 6.03. The zero-order chi connectivity index (χ0) is 14.7. The molecule has 0 aliphatic heterocycles. The highest BCUT2D eigenvalue weighted by Crippen LogP contribution is 2.26. The lowest BCUT2D eigenvalue weighted by Crippen LogP contribution is -2.22. The van der Waals surface area contributed by atoms with Gasteiger partial charge in [-0.3, -0.25) is 4.98 Å². The number of rotatable bonds is 5. The van der Waals surface area contributed by atoms with E-state index in [-0.39, 0.29) is 6.04 Å². The maximum atomic E-state index is 6.03. The van der Waals surface area contributed by atoms with Gasteiger partial charge in [-0.2, -0.15) is 0 Å². The van der Waals surface area contributed by atoms with Gasteiger partial charge in [-0.15, -0.1) is 0 Å². The topological polar surface area (TPSA) is 38.1 Å². The normalized spacial score (nSPS) is 12.7. The molecule has 1 N–H and O–H groups in total. The van der Waals surface area contributed by atoms with Crippen LogP contribution in [0.3, 0.4) is 0 Å². The first-order chi connectivity index (χ1) is 10.3. The zero-order valence-corrected chi connectivity index (χ0v) is 12.5. The van der Waals surface area contributed by atoms with Crippen LogP contribution in [0.5, 0.6) is 0 Å². The lowest BCUT2D eigenvalue weighted by molar-refractivity contribution is 0.434. The second-order valence-electron chi connectivity index (χ2n) is 5.37. The Morgan fingerprint density at radius 3 is 2.90 bits per heavy atom. The van der Waals surface area contributed by atoms with Crippen molar-refractivity contribution in [2.24, 2.45) is 0 Å². The van der Waals surface area contributed by atoms with Crippen LogP contribution in [0.15, 0.2) is 53.2 Å². The van der Waals surface area contributed by atoms with E-state index in [1.165, 1.54) is 16.5 Å². The number of aryl methyl sites for hydroxylation is 1. The monoisotopic (exact) mass is 280 g/mol.